The number of hydrogen-bond acceptors (Lipinski definition) is 2. The van der Waals surface area contributed by atoms with Gasteiger partial charge in [0.25, 0.3) is 0 Å². The summed E-state index contributed by atoms with van der Waals surface area (Å²) in [6.45, 7) is 14.5. The van der Waals surface area contributed by atoms with E-state index in [1.165, 1.54) is 51.7 Å². The highest BCUT2D eigenvalue weighted by atomic mass is 15.1. The van der Waals surface area contributed by atoms with E-state index >= 15 is 0 Å². The Kier molecular flexibility index (Phi) is 6.13. The Bertz CT molecular complexity index is 225. The molecule has 0 unspecified atom stereocenters. The normalized spacial score (nSPS) is 21.2. The van der Waals surface area contributed by atoms with Gasteiger partial charge in [0.2, 0.25) is 0 Å². The van der Waals surface area contributed by atoms with E-state index in [0.29, 0.717) is 10.8 Å². The molecular formula is C16H34N2. The molecule has 1 rings (SSSR count). The third-order valence-electron chi connectivity index (χ3n) is 5.53. The summed E-state index contributed by atoms with van der Waals surface area (Å²) in [5, 5.41) is 3.40. The van der Waals surface area contributed by atoms with Crippen molar-refractivity contribution >= 4 is 0 Å². The summed E-state index contributed by atoms with van der Waals surface area (Å²) >= 11 is 0. The molecule has 1 heterocycles. The van der Waals surface area contributed by atoms with Crippen LogP contribution in [0.3, 0.4) is 0 Å². The van der Waals surface area contributed by atoms with Crippen molar-refractivity contribution in [3.05, 3.63) is 0 Å². The second kappa shape index (κ2) is 6.91. The molecule has 0 aromatic carbocycles. The fourth-order valence-corrected chi connectivity index (χ4v) is 3.23. The molecule has 18 heavy (non-hydrogen) atoms. The van der Waals surface area contributed by atoms with Gasteiger partial charge >= 0.3 is 0 Å². The molecule has 0 aliphatic carbocycles. The minimum absolute atomic E-state index is 0.481. The lowest BCUT2D eigenvalue weighted by Crippen LogP contribution is -2.47. The van der Waals surface area contributed by atoms with Crippen LogP contribution in [0.25, 0.3) is 0 Å². The lowest BCUT2D eigenvalue weighted by Gasteiger charge is -2.43. The van der Waals surface area contributed by atoms with Crippen LogP contribution in [0.15, 0.2) is 0 Å². The van der Waals surface area contributed by atoms with E-state index in [9.17, 15) is 0 Å². The highest BCUT2D eigenvalue weighted by molar-refractivity contribution is 4.87. The zero-order chi connectivity index (χ0) is 13.6. The zero-order valence-corrected chi connectivity index (χ0v) is 13.3. The van der Waals surface area contributed by atoms with Crippen LogP contribution in [0.2, 0.25) is 0 Å². The van der Waals surface area contributed by atoms with Crippen LogP contribution in [-0.2, 0) is 0 Å². The van der Waals surface area contributed by atoms with Crippen molar-refractivity contribution in [3.63, 3.8) is 0 Å². The minimum atomic E-state index is 0.481. The van der Waals surface area contributed by atoms with E-state index in [2.05, 4.69) is 45.0 Å². The first-order valence-electron chi connectivity index (χ1n) is 7.90. The highest BCUT2D eigenvalue weighted by Gasteiger charge is 2.33. The Morgan fingerprint density at radius 2 is 1.67 bits per heavy atom. The van der Waals surface area contributed by atoms with Gasteiger partial charge in [-0.15, -0.1) is 0 Å². The summed E-state index contributed by atoms with van der Waals surface area (Å²) in [4.78, 5) is 2.71. The van der Waals surface area contributed by atoms with Crippen molar-refractivity contribution in [2.24, 2.45) is 10.8 Å². The van der Waals surface area contributed by atoms with Gasteiger partial charge in [0.15, 0.2) is 0 Å². The monoisotopic (exact) mass is 254 g/mol. The SMILES string of the molecule is CCC1(C)CCN(CC(CC)(CC)CNC)CC1. The fraction of sp³-hybridized carbons (Fsp3) is 1.00. The second-order valence-electron chi connectivity index (χ2n) is 6.68. The highest BCUT2D eigenvalue weighted by Crippen LogP contribution is 2.36. The van der Waals surface area contributed by atoms with Gasteiger partial charge in [-0.05, 0) is 56.7 Å². The van der Waals surface area contributed by atoms with Crippen LogP contribution in [0.5, 0.6) is 0 Å². The topological polar surface area (TPSA) is 15.3 Å². The molecule has 2 heteroatoms. The van der Waals surface area contributed by atoms with E-state index in [4.69, 9.17) is 0 Å². The predicted molar refractivity (Wildman–Crippen MR) is 81.0 cm³/mol. The Balaban J connectivity index is 2.52. The van der Waals surface area contributed by atoms with E-state index in [-0.39, 0.29) is 0 Å². The van der Waals surface area contributed by atoms with Crippen molar-refractivity contribution in [3.8, 4) is 0 Å². The minimum Gasteiger partial charge on any atom is -0.319 e. The average Bonchev–Trinajstić information content (AvgIpc) is 2.41. The van der Waals surface area contributed by atoms with Gasteiger partial charge in [-0.25, -0.2) is 0 Å². The van der Waals surface area contributed by atoms with Crippen molar-refractivity contribution in [1.29, 1.82) is 0 Å². The maximum absolute atomic E-state index is 3.40. The molecule has 0 spiro atoms. The van der Waals surface area contributed by atoms with Gasteiger partial charge in [0.1, 0.15) is 0 Å². The Hall–Kier alpha value is -0.0800. The summed E-state index contributed by atoms with van der Waals surface area (Å²) in [7, 11) is 2.09. The number of likely N-dealkylation sites (tertiary alicyclic amines) is 1. The zero-order valence-electron chi connectivity index (χ0n) is 13.3. The lowest BCUT2D eigenvalue weighted by molar-refractivity contribution is 0.0674. The third-order valence-corrected chi connectivity index (χ3v) is 5.53. The first kappa shape index (κ1) is 16.0. The van der Waals surface area contributed by atoms with Gasteiger partial charge in [-0.3, -0.25) is 0 Å². The second-order valence-corrected chi connectivity index (χ2v) is 6.68. The van der Waals surface area contributed by atoms with E-state index in [1.807, 2.05) is 0 Å². The molecule has 1 fully saturated rings. The molecule has 0 atom stereocenters. The number of rotatable bonds is 7. The van der Waals surface area contributed by atoms with Gasteiger partial charge in [0, 0.05) is 13.1 Å². The molecule has 108 valence electrons. The Morgan fingerprint density at radius 1 is 1.11 bits per heavy atom. The van der Waals surface area contributed by atoms with Crippen molar-refractivity contribution in [1.82, 2.24) is 10.2 Å². The van der Waals surface area contributed by atoms with Crippen LogP contribution < -0.4 is 5.32 Å². The molecule has 0 radical (unpaired) electrons. The van der Waals surface area contributed by atoms with Crippen molar-refractivity contribution < 1.29 is 0 Å². The molecule has 1 aliphatic heterocycles. The summed E-state index contributed by atoms with van der Waals surface area (Å²) in [5.41, 5.74) is 1.09. The van der Waals surface area contributed by atoms with Gasteiger partial charge in [0.05, 0.1) is 0 Å². The molecule has 2 nitrogen and oxygen atoms in total. The van der Waals surface area contributed by atoms with Crippen LogP contribution in [0, 0.1) is 10.8 Å². The summed E-state index contributed by atoms with van der Waals surface area (Å²) in [5.74, 6) is 0. The van der Waals surface area contributed by atoms with Crippen LogP contribution in [0.4, 0.5) is 0 Å². The van der Waals surface area contributed by atoms with Crippen LogP contribution in [-0.4, -0.2) is 38.1 Å². The first-order chi connectivity index (χ1) is 8.53. The van der Waals surface area contributed by atoms with Crippen LogP contribution >= 0.6 is 0 Å². The predicted octanol–water partition coefficient (Wildman–Crippen LogP) is 3.52. The molecule has 1 aliphatic rings. The number of nitrogens with zero attached hydrogens (tertiary/aromatic N) is 1. The van der Waals surface area contributed by atoms with E-state index in [1.54, 1.807) is 0 Å². The standard InChI is InChI=1S/C16H34N2/c1-6-15(4)9-11-18(12-10-15)14-16(7-2,8-3)13-17-5/h17H,6-14H2,1-5H3. The molecule has 1 N–H and O–H groups in total. The molecule has 0 saturated carbocycles. The van der Waals surface area contributed by atoms with E-state index in [0.717, 1.165) is 6.54 Å². The van der Waals surface area contributed by atoms with Crippen molar-refractivity contribution in [2.45, 2.75) is 59.8 Å². The van der Waals surface area contributed by atoms with Crippen molar-refractivity contribution in [2.75, 3.05) is 33.2 Å². The maximum atomic E-state index is 3.40. The average molecular weight is 254 g/mol. The molecule has 0 amide bonds. The van der Waals surface area contributed by atoms with Crippen LogP contribution in [0.1, 0.15) is 59.8 Å². The quantitative estimate of drug-likeness (QED) is 0.748. The smallest absolute Gasteiger partial charge is 0.00499 e. The largest absolute Gasteiger partial charge is 0.319 e. The molecule has 0 aromatic rings. The number of hydrogen-bond donors (Lipinski definition) is 1. The number of nitrogens with one attached hydrogen (secondary N) is 1. The molecule has 0 bridgehead atoms. The van der Waals surface area contributed by atoms with Gasteiger partial charge in [-0.2, -0.15) is 0 Å². The number of piperidine rings is 1. The molecule has 1 saturated heterocycles. The Labute approximate surface area is 115 Å². The first-order valence-corrected chi connectivity index (χ1v) is 7.90. The van der Waals surface area contributed by atoms with Gasteiger partial charge < -0.3 is 10.2 Å². The summed E-state index contributed by atoms with van der Waals surface area (Å²) < 4.78 is 0. The summed E-state index contributed by atoms with van der Waals surface area (Å²) in [6, 6.07) is 0. The Morgan fingerprint density at radius 3 is 2.06 bits per heavy atom. The third kappa shape index (κ3) is 3.96. The molecule has 0 aromatic heterocycles. The molecular weight excluding hydrogens is 220 g/mol. The maximum Gasteiger partial charge on any atom is 0.00499 e. The van der Waals surface area contributed by atoms with E-state index < -0.39 is 0 Å². The summed E-state index contributed by atoms with van der Waals surface area (Å²) in [6.07, 6.45) is 6.67. The lowest BCUT2D eigenvalue weighted by atomic mass is 9.76. The fourth-order valence-electron chi connectivity index (χ4n) is 3.23. The van der Waals surface area contributed by atoms with Gasteiger partial charge in [-0.1, -0.05) is 34.1 Å².